The third kappa shape index (κ3) is 3.11. The smallest absolute Gasteiger partial charge is 0.316 e. The third-order valence-corrected chi connectivity index (χ3v) is 8.75. The number of rotatable bonds is 4. The minimum Gasteiger partial charge on any atom is -0.426 e. The zero-order chi connectivity index (χ0) is 24.7. The summed E-state index contributed by atoms with van der Waals surface area (Å²) in [5, 5.41) is 0. The van der Waals surface area contributed by atoms with E-state index in [4.69, 9.17) is 4.74 Å². The van der Waals surface area contributed by atoms with Gasteiger partial charge in [-0.1, -0.05) is 24.3 Å². The van der Waals surface area contributed by atoms with Gasteiger partial charge in [0.25, 0.3) is 0 Å². The van der Waals surface area contributed by atoms with Crippen molar-refractivity contribution in [1.82, 2.24) is 0 Å². The van der Waals surface area contributed by atoms with Gasteiger partial charge in [-0.05, 0) is 79.0 Å². The van der Waals surface area contributed by atoms with E-state index in [-0.39, 0.29) is 54.4 Å². The number of ether oxygens (including phenoxy) is 1. The molecule has 6 aliphatic rings. The first kappa shape index (κ1) is 21.5. The highest BCUT2D eigenvalue weighted by Crippen LogP contribution is 2.65. The molecule has 3 amide bonds. The highest BCUT2D eigenvalue weighted by atomic mass is 16.5. The molecule has 4 aliphatic carbocycles. The predicted octanol–water partition coefficient (Wildman–Crippen LogP) is 3.51. The molecule has 2 bridgehead atoms. The van der Waals surface area contributed by atoms with Crippen molar-refractivity contribution in [2.24, 2.45) is 41.4 Å². The van der Waals surface area contributed by atoms with E-state index >= 15 is 0 Å². The van der Waals surface area contributed by atoms with E-state index in [1.54, 1.807) is 29.2 Å². The molecule has 36 heavy (non-hydrogen) atoms. The first-order chi connectivity index (χ1) is 17.4. The van der Waals surface area contributed by atoms with Crippen LogP contribution in [0.25, 0.3) is 0 Å². The molecule has 0 radical (unpaired) electrons. The number of carbonyl (C=O) groups excluding carboxylic acids is 4. The summed E-state index contributed by atoms with van der Waals surface area (Å²) < 4.78 is 5.57. The van der Waals surface area contributed by atoms with E-state index in [1.165, 1.54) is 4.90 Å². The number of amides is 3. The van der Waals surface area contributed by atoms with Gasteiger partial charge >= 0.3 is 5.97 Å². The van der Waals surface area contributed by atoms with Gasteiger partial charge in [0.2, 0.25) is 17.7 Å². The Balaban J connectivity index is 1.04. The summed E-state index contributed by atoms with van der Waals surface area (Å²) in [4.78, 5) is 54.9. The van der Waals surface area contributed by atoms with Gasteiger partial charge < -0.3 is 9.64 Å². The van der Waals surface area contributed by atoms with Crippen LogP contribution in [-0.4, -0.2) is 30.2 Å². The van der Waals surface area contributed by atoms with Gasteiger partial charge in [-0.2, -0.15) is 0 Å². The molecule has 0 N–H and O–H groups in total. The molecule has 2 aromatic carbocycles. The molecule has 182 valence electrons. The maximum Gasteiger partial charge on any atom is 0.316 e. The van der Waals surface area contributed by atoms with Crippen LogP contribution in [0.1, 0.15) is 18.4 Å². The Morgan fingerprint density at radius 1 is 0.889 bits per heavy atom. The number of benzene rings is 2. The van der Waals surface area contributed by atoms with Crippen molar-refractivity contribution in [1.29, 1.82) is 0 Å². The Kier molecular flexibility index (Phi) is 4.56. The number of esters is 1. The molecular formula is C29H26N2O5. The number of allylic oxidation sites excluding steroid dienone is 2. The zero-order valence-corrected chi connectivity index (χ0v) is 19.9. The summed E-state index contributed by atoms with van der Waals surface area (Å²) >= 11 is 0. The lowest BCUT2D eigenvalue weighted by Crippen LogP contribution is -2.40. The highest BCUT2D eigenvalue weighted by Gasteiger charge is 2.67. The van der Waals surface area contributed by atoms with Crippen molar-refractivity contribution in [3.8, 4) is 5.75 Å². The molecule has 0 unspecified atom stereocenters. The fourth-order valence-electron chi connectivity index (χ4n) is 6.99. The Morgan fingerprint density at radius 3 is 2.19 bits per heavy atom. The van der Waals surface area contributed by atoms with E-state index in [9.17, 15) is 19.2 Å². The molecule has 7 nitrogen and oxygen atoms in total. The molecule has 2 aromatic rings. The van der Waals surface area contributed by atoms with Crippen LogP contribution in [0, 0.1) is 48.3 Å². The minimum absolute atomic E-state index is 0.1000. The zero-order valence-electron chi connectivity index (χ0n) is 19.9. The third-order valence-electron chi connectivity index (χ3n) is 8.75. The molecular weight excluding hydrogens is 456 g/mol. The van der Waals surface area contributed by atoms with Gasteiger partial charge in [-0.25, -0.2) is 0 Å². The van der Waals surface area contributed by atoms with Crippen LogP contribution in [0.4, 0.5) is 11.4 Å². The maximum atomic E-state index is 13.3. The second kappa shape index (κ2) is 7.63. The minimum atomic E-state index is -0.558. The summed E-state index contributed by atoms with van der Waals surface area (Å²) in [5.41, 5.74) is 2.33. The SMILES string of the molecule is Cc1cccc(N2C[C@H](C(=O)Oc3ccc(N4C(=O)[C@H]5[C@@H]6C=C[C@H]([C@H]7C[C@H]67)[C@@H]5C4=O)cc3)CC2=O)c1. The van der Waals surface area contributed by atoms with Crippen LogP contribution in [0.2, 0.25) is 0 Å². The monoisotopic (exact) mass is 482 g/mol. The van der Waals surface area contributed by atoms with E-state index in [0.29, 0.717) is 23.3 Å². The first-order valence-corrected chi connectivity index (χ1v) is 12.7. The van der Waals surface area contributed by atoms with Crippen molar-refractivity contribution < 1.29 is 23.9 Å². The predicted molar refractivity (Wildman–Crippen MR) is 131 cm³/mol. The largest absolute Gasteiger partial charge is 0.426 e. The van der Waals surface area contributed by atoms with Crippen LogP contribution in [0.15, 0.2) is 60.7 Å². The van der Waals surface area contributed by atoms with Crippen molar-refractivity contribution >= 4 is 35.1 Å². The average Bonchev–Trinajstić information content (AvgIpc) is 3.55. The normalized spacial score (nSPS) is 33.7. The van der Waals surface area contributed by atoms with Gasteiger partial charge in [0, 0.05) is 18.7 Å². The second-order valence-electron chi connectivity index (χ2n) is 10.8. The number of carbonyl (C=O) groups is 4. The lowest BCUT2D eigenvalue weighted by atomic mass is 9.63. The fourth-order valence-corrected chi connectivity index (χ4v) is 6.99. The Hall–Kier alpha value is -3.74. The van der Waals surface area contributed by atoms with Gasteiger partial charge in [-0.15, -0.1) is 0 Å². The van der Waals surface area contributed by atoms with Gasteiger partial charge in [0.05, 0.1) is 23.4 Å². The number of imide groups is 1. The molecule has 2 aliphatic heterocycles. The number of nitrogens with zero attached hydrogens (tertiary/aromatic N) is 2. The summed E-state index contributed by atoms with van der Waals surface area (Å²) in [6.45, 7) is 2.23. The molecule has 0 spiro atoms. The van der Waals surface area contributed by atoms with Gasteiger partial charge in [-0.3, -0.25) is 24.1 Å². The molecule has 7 heteroatoms. The number of hydrogen-bond donors (Lipinski definition) is 0. The molecule has 8 rings (SSSR count). The van der Waals surface area contributed by atoms with Crippen molar-refractivity contribution in [3.63, 3.8) is 0 Å². The highest BCUT2D eigenvalue weighted by molar-refractivity contribution is 6.22. The standard InChI is InChI=1S/C29H26N2O5/c1-15-3-2-4-18(11-15)30-14-16(12-24(30)32)29(35)36-19-7-5-17(6-8-19)31-27(33)25-20-9-10-21(23-13-22(20)23)26(25)28(31)34/h2-11,16,20-23,25-26H,12-14H2,1H3/t16-,20-,21-,22-,23-,25+,26+/m1/s1. The van der Waals surface area contributed by atoms with Crippen LogP contribution < -0.4 is 14.5 Å². The van der Waals surface area contributed by atoms with Gasteiger partial charge in [0.1, 0.15) is 5.75 Å². The maximum absolute atomic E-state index is 13.3. The topological polar surface area (TPSA) is 84.0 Å². The van der Waals surface area contributed by atoms with E-state index in [2.05, 4.69) is 12.2 Å². The molecule has 2 saturated carbocycles. The number of aryl methyl sites for hydroxylation is 1. The Labute approximate surface area is 208 Å². The number of anilines is 2. The molecule has 4 fully saturated rings. The van der Waals surface area contributed by atoms with E-state index in [0.717, 1.165) is 17.7 Å². The number of hydrogen-bond acceptors (Lipinski definition) is 5. The second-order valence-corrected chi connectivity index (χ2v) is 10.8. The lowest BCUT2D eigenvalue weighted by molar-refractivity contribution is -0.139. The van der Waals surface area contributed by atoms with Crippen molar-refractivity contribution in [3.05, 3.63) is 66.2 Å². The van der Waals surface area contributed by atoms with Crippen LogP contribution in [0.3, 0.4) is 0 Å². The lowest BCUT2D eigenvalue weighted by Gasteiger charge is -2.37. The molecule has 0 aromatic heterocycles. The van der Waals surface area contributed by atoms with E-state index < -0.39 is 11.9 Å². The molecule has 7 atom stereocenters. The summed E-state index contributed by atoms with van der Waals surface area (Å²) in [6, 6.07) is 14.2. The van der Waals surface area contributed by atoms with Crippen LogP contribution in [0.5, 0.6) is 5.75 Å². The van der Waals surface area contributed by atoms with E-state index in [1.807, 2.05) is 31.2 Å². The fraction of sp³-hybridized carbons (Fsp3) is 0.379. The first-order valence-electron chi connectivity index (χ1n) is 12.7. The van der Waals surface area contributed by atoms with Crippen LogP contribution >= 0.6 is 0 Å². The molecule has 2 saturated heterocycles. The Bertz CT molecular complexity index is 1310. The van der Waals surface area contributed by atoms with Crippen molar-refractivity contribution in [2.75, 3.05) is 16.3 Å². The quantitative estimate of drug-likeness (QED) is 0.288. The molecule has 2 heterocycles. The summed E-state index contributed by atoms with van der Waals surface area (Å²) in [5.74, 6) is -0.0376. The summed E-state index contributed by atoms with van der Waals surface area (Å²) in [6.07, 6.45) is 5.55. The van der Waals surface area contributed by atoms with Crippen molar-refractivity contribution in [2.45, 2.75) is 19.8 Å². The average molecular weight is 483 g/mol. The summed E-state index contributed by atoms with van der Waals surface area (Å²) in [7, 11) is 0. The van der Waals surface area contributed by atoms with Crippen LogP contribution in [-0.2, 0) is 19.2 Å². The van der Waals surface area contributed by atoms with Gasteiger partial charge in [0.15, 0.2) is 0 Å². The Morgan fingerprint density at radius 2 is 1.56 bits per heavy atom.